The molecule has 0 N–H and O–H groups in total. The van der Waals surface area contributed by atoms with Gasteiger partial charge in [-0.15, -0.1) is 9.24 Å². The first-order chi connectivity index (χ1) is 7.16. The van der Waals surface area contributed by atoms with Crippen molar-refractivity contribution in [1.82, 2.24) is 0 Å². The van der Waals surface area contributed by atoms with Gasteiger partial charge in [0.1, 0.15) is 5.82 Å². The van der Waals surface area contributed by atoms with E-state index in [0.29, 0.717) is 0 Å². The van der Waals surface area contributed by atoms with Crippen LogP contribution in [0.4, 0.5) is 4.39 Å². The molecule has 0 heterocycles. The first-order valence-electron chi connectivity index (χ1n) is 4.79. The molecular weight excluding hydrogens is 206 g/mol. The average molecular weight is 218 g/mol. The molecule has 0 bridgehead atoms. The van der Waals surface area contributed by atoms with E-state index in [1.54, 1.807) is 12.1 Å². The maximum Gasteiger partial charge on any atom is 0.123 e. The van der Waals surface area contributed by atoms with Crippen molar-refractivity contribution in [3.05, 3.63) is 53.8 Å². The summed E-state index contributed by atoms with van der Waals surface area (Å²) in [6, 6.07) is 12.8. The molecule has 1 unspecified atom stereocenters. The third-order valence-electron chi connectivity index (χ3n) is 2.36. The minimum atomic E-state index is -0.197. The molecule has 0 fully saturated rings. The second-order valence-corrected chi connectivity index (χ2v) is 4.22. The van der Waals surface area contributed by atoms with E-state index in [1.165, 1.54) is 17.7 Å². The predicted molar refractivity (Wildman–Crippen MR) is 65.9 cm³/mol. The monoisotopic (exact) mass is 218 g/mol. The van der Waals surface area contributed by atoms with Crippen LogP contribution < -0.4 is 5.30 Å². The van der Waals surface area contributed by atoms with Gasteiger partial charge in [0.05, 0.1) is 0 Å². The van der Waals surface area contributed by atoms with Crippen molar-refractivity contribution in [2.24, 2.45) is 0 Å². The van der Waals surface area contributed by atoms with E-state index in [2.05, 4.69) is 34.4 Å². The summed E-state index contributed by atoms with van der Waals surface area (Å²) in [5, 5.41) is 1.13. The molecule has 0 radical (unpaired) electrons. The molecule has 0 saturated heterocycles. The summed E-state index contributed by atoms with van der Waals surface area (Å²) in [5.41, 5.74) is 3.39. The van der Waals surface area contributed by atoms with Gasteiger partial charge in [-0.3, -0.25) is 0 Å². The van der Waals surface area contributed by atoms with Crippen molar-refractivity contribution in [3.8, 4) is 11.1 Å². The van der Waals surface area contributed by atoms with E-state index < -0.39 is 0 Å². The number of benzene rings is 2. The van der Waals surface area contributed by atoms with E-state index in [1.807, 2.05) is 0 Å². The standard InChI is InChI=1S/C13H12FP/c1-9-2-7-13(15)12(8-9)10-3-5-11(14)6-4-10/h2-8H,15H2,1H3. The van der Waals surface area contributed by atoms with Gasteiger partial charge in [-0.1, -0.05) is 35.9 Å². The van der Waals surface area contributed by atoms with Crippen LogP contribution in [-0.4, -0.2) is 0 Å². The van der Waals surface area contributed by atoms with Crippen molar-refractivity contribution in [1.29, 1.82) is 0 Å². The van der Waals surface area contributed by atoms with Crippen LogP contribution in [0.2, 0.25) is 0 Å². The van der Waals surface area contributed by atoms with Crippen molar-refractivity contribution in [3.63, 3.8) is 0 Å². The second-order valence-electron chi connectivity index (χ2n) is 3.60. The van der Waals surface area contributed by atoms with Crippen LogP contribution in [0.5, 0.6) is 0 Å². The molecule has 0 spiro atoms. The SMILES string of the molecule is Cc1ccc(P)c(-c2ccc(F)cc2)c1. The van der Waals surface area contributed by atoms with E-state index in [-0.39, 0.29) is 5.82 Å². The average Bonchev–Trinajstić information content (AvgIpc) is 2.23. The Bertz CT molecular complexity index is 474. The van der Waals surface area contributed by atoms with E-state index in [4.69, 9.17) is 0 Å². The molecule has 0 saturated carbocycles. The van der Waals surface area contributed by atoms with Crippen LogP contribution in [0.15, 0.2) is 42.5 Å². The highest BCUT2D eigenvalue weighted by Gasteiger charge is 2.02. The molecule has 15 heavy (non-hydrogen) atoms. The van der Waals surface area contributed by atoms with Crippen LogP contribution in [-0.2, 0) is 0 Å². The summed E-state index contributed by atoms with van der Waals surface area (Å²) in [7, 11) is 2.70. The Morgan fingerprint density at radius 3 is 2.33 bits per heavy atom. The molecule has 2 aromatic rings. The van der Waals surface area contributed by atoms with E-state index >= 15 is 0 Å². The maximum atomic E-state index is 12.8. The summed E-state index contributed by atoms with van der Waals surface area (Å²) < 4.78 is 12.8. The van der Waals surface area contributed by atoms with Gasteiger partial charge in [0.15, 0.2) is 0 Å². The molecule has 2 rings (SSSR count). The van der Waals surface area contributed by atoms with Gasteiger partial charge >= 0.3 is 0 Å². The first kappa shape index (κ1) is 10.3. The van der Waals surface area contributed by atoms with Crippen molar-refractivity contribution in [2.45, 2.75) is 6.92 Å². The lowest BCUT2D eigenvalue weighted by Crippen LogP contribution is -1.96. The zero-order valence-electron chi connectivity index (χ0n) is 8.50. The minimum absolute atomic E-state index is 0.197. The second kappa shape index (κ2) is 4.12. The van der Waals surface area contributed by atoms with E-state index in [9.17, 15) is 4.39 Å². The van der Waals surface area contributed by atoms with Gasteiger partial charge in [-0.2, -0.15) is 0 Å². The van der Waals surface area contributed by atoms with E-state index in [0.717, 1.165) is 16.4 Å². The summed E-state index contributed by atoms with van der Waals surface area (Å²) in [5.74, 6) is -0.197. The Morgan fingerprint density at radius 1 is 1.00 bits per heavy atom. The normalized spacial score (nSPS) is 10.3. The molecular formula is C13H12FP. The molecule has 2 heteroatoms. The number of aryl methyl sites for hydroxylation is 1. The maximum absolute atomic E-state index is 12.8. The zero-order chi connectivity index (χ0) is 10.8. The number of rotatable bonds is 1. The van der Waals surface area contributed by atoms with Crippen LogP contribution in [0.25, 0.3) is 11.1 Å². The quantitative estimate of drug-likeness (QED) is 0.644. The fourth-order valence-corrected chi connectivity index (χ4v) is 1.90. The summed E-state index contributed by atoms with van der Waals surface area (Å²) in [6.07, 6.45) is 0. The minimum Gasteiger partial charge on any atom is -0.207 e. The fraction of sp³-hybridized carbons (Fsp3) is 0.0769. The van der Waals surface area contributed by atoms with Gasteiger partial charge in [-0.25, -0.2) is 4.39 Å². The molecule has 0 amide bonds. The Balaban J connectivity index is 2.53. The topological polar surface area (TPSA) is 0 Å². The molecule has 0 aromatic heterocycles. The highest BCUT2D eigenvalue weighted by Crippen LogP contribution is 2.20. The lowest BCUT2D eigenvalue weighted by Gasteiger charge is -2.06. The molecule has 0 nitrogen and oxygen atoms in total. The van der Waals surface area contributed by atoms with Crippen molar-refractivity contribution in [2.75, 3.05) is 0 Å². The molecule has 76 valence electrons. The lowest BCUT2D eigenvalue weighted by atomic mass is 10.0. The third-order valence-corrected chi connectivity index (χ3v) is 2.87. The van der Waals surface area contributed by atoms with Gasteiger partial charge < -0.3 is 0 Å². The van der Waals surface area contributed by atoms with Gasteiger partial charge in [-0.05, 0) is 35.5 Å². The lowest BCUT2D eigenvalue weighted by molar-refractivity contribution is 0.628. The van der Waals surface area contributed by atoms with Gasteiger partial charge in [0, 0.05) is 0 Å². The van der Waals surface area contributed by atoms with Crippen LogP contribution >= 0.6 is 9.24 Å². The van der Waals surface area contributed by atoms with Crippen LogP contribution in [0.1, 0.15) is 5.56 Å². The van der Waals surface area contributed by atoms with Gasteiger partial charge in [0.2, 0.25) is 0 Å². The predicted octanol–water partition coefficient (Wildman–Crippen LogP) is 3.30. The summed E-state index contributed by atoms with van der Waals surface area (Å²) in [6.45, 7) is 2.05. The van der Waals surface area contributed by atoms with Crippen LogP contribution in [0.3, 0.4) is 0 Å². The highest BCUT2D eigenvalue weighted by atomic mass is 31.0. The largest absolute Gasteiger partial charge is 0.207 e. The van der Waals surface area contributed by atoms with Crippen molar-refractivity contribution < 1.29 is 4.39 Å². The van der Waals surface area contributed by atoms with Crippen molar-refractivity contribution >= 4 is 14.5 Å². The Hall–Kier alpha value is -1.20. The molecule has 0 aliphatic carbocycles. The zero-order valence-corrected chi connectivity index (χ0v) is 9.65. The highest BCUT2D eigenvalue weighted by molar-refractivity contribution is 7.28. The van der Waals surface area contributed by atoms with Crippen LogP contribution in [0, 0.1) is 12.7 Å². The smallest absolute Gasteiger partial charge is 0.123 e. The fourth-order valence-electron chi connectivity index (χ4n) is 1.55. The Morgan fingerprint density at radius 2 is 1.67 bits per heavy atom. The summed E-state index contributed by atoms with van der Waals surface area (Å²) >= 11 is 0. The molecule has 2 aromatic carbocycles. The molecule has 1 atom stereocenters. The Kier molecular flexibility index (Phi) is 2.83. The number of halogens is 1. The number of hydrogen-bond donors (Lipinski definition) is 0. The summed E-state index contributed by atoms with van der Waals surface area (Å²) in [4.78, 5) is 0. The Labute approximate surface area is 91.3 Å². The first-order valence-corrected chi connectivity index (χ1v) is 5.36. The molecule has 0 aliphatic heterocycles. The number of hydrogen-bond acceptors (Lipinski definition) is 0. The third kappa shape index (κ3) is 2.24. The molecule has 0 aliphatic rings. The van der Waals surface area contributed by atoms with Gasteiger partial charge in [0.25, 0.3) is 0 Å².